The first-order chi connectivity index (χ1) is 7.25. The highest BCUT2D eigenvalue weighted by molar-refractivity contribution is 7.17. The number of aromatic nitrogens is 1. The molecule has 0 atom stereocenters. The van der Waals surface area contributed by atoms with Crippen LogP contribution in [0.15, 0.2) is 23.7 Å². The van der Waals surface area contributed by atoms with Gasteiger partial charge in [-0.3, -0.25) is 4.98 Å². The highest BCUT2D eigenvalue weighted by Crippen LogP contribution is 2.36. The molecule has 0 radical (unpaired) electrons. The summed E-state index contributed by atoms with van der Waals surface area (Å²) >= 11 is 1.78. The molecule has 0 bridgehead atoms. The Morgan fingerprint density at radius 1 is 1.47 bits per heavy atom. The number of rotatable bonds is 3. The summed E-state index contributed by atoms with van der Waals surface area (Å²) in [6, 6.07) is 4.31. The van der Waals surface area contributed by atoms with Crippen molar-refractivity contribution in [3.63, 3.8) is 0 Å². The number of fused-ring (bicyclic) bond motifs is 1. The molecule has 15 heavy (non-hydrogen) atoms. The number of thiophene rings is 1. The van der Waals surface area contributed by atoms with Crippen LogP contribution in [0.3, 0.4) is 0 Å². The number of pyridine rings is 1. The summed E-state index contributed by atoms with van der Waals surface area (Å²) in [5.74, 6) is 0. The third kappa shape index (κ3) is 1.90. The number of hydrogen-bond donors (Lipinski definition) is 1. The molecule has 2 aromatic heterocycles. The van der Waals surface area contributed by atoms with Gasteiger partial charge in [-0.05, 0) is 43.2 Å². The van der Waals surface area contributed by atoms with E-state index in [9.17, 15) is 0 Å². The van der Waals surface area contributed by atoms with Crippen molar-refractivity contribution in [1.82, 2.24) is 4.98 Å². The Kier molecular flexibility index (Phi) is 2.04. The zero-order valence-electron chi connectivity index (χ0n) is 8.57. The quantitative estimate of drug-likeness (QED) is 0.860. The number of nitrogens with two attached hydrogens (primary N) is 1. The van der Waals surface area contributed by atoms with Crippen LogP contribution in [0.2, 0.25) is 0 Å². The van der Waals surface area contributed by atoms with Crippen LogP contribution in [0.4, 0.5) is 0 Å². The van der Waals surface area contributed by atoms with Gasteiger partial charge in [-0.25, -0.2) is 0 Å². The molecule has 3 heteroatoms. The molecule has 1 aliphatic carbocycles. The summed E-state index contributed by atoms with van der Waals surface area (Å²) in [6.45, 7) is 0. The van der Waals surface area contributed by atoms with Crippen molar-refractivity contribution in [2.45, 2.75) is 31.2 Å². The Morgan fingerprint density at radius 3 is 3.13 bits per heavy atom. The summed E-state index contributed by atoms with van der Waals surface area (Å²) in [4.78, 5) is 4.46. The minimum atomic E-state index is 0.145. The van der Waals surface area contributed by atoms with Crippen LogP contribution >= 0.6 is 11.3 Å². The number of nitrogens with zero attached hydrogens (tertiary/aromatic N) is 1. The maximum atomic E-state index is 6.06. The zero-order chi connectivity index (χ0) is 10.3. The minimum Gasteiger partial charge on any atom is -0.325 e. The summed E-state index contributed by atoms with van der Waals surface area (Å²) in [5.41, 5.74) is 7.39. The molecule has 0 aromatic carbocycles. The van der Waals surface area contributed by atoms with Crippen molar-refractivity contribution in [3.05, 3.63) is 29.4 Å². The lowest BCUT2D eigenvalue weighted by atomic mass is 10.1. The second-order valence-corrected chi connectivity index (χ2v) is 5.44. The molecule has 2 heterocycles. The monoisotopic (exact) mass is 218 g/mol. The highest BCUT2D eigenvalue weighted by Gasteiger charge is 2.37. The number of aryl methyl sites for hydroxylation is 1. The van der Waals surface area contributed by atoms with Crippen molar-refractivity contribution >= 4 is 21.4 Å². The van der Waals surface area contributed by atoms with E-state index in [0.29, 0.717) is 0 Å². The van der Waals surface area contributed by atoms with Gasteiger partial charge < -0.3 is 5.73 Å². The molecular weight excluding hydrogens is 204 g/mol. The van der Waals surface area contributed by atoms with Crippen molar-refractivity contribution in [3.8, 4) is 0 Å². The van der Waals surface area contributed by atoms with E-state index in [2.05, 4.69) is 22.5 Å². The molecule has 1 saturated carbocycles. The molecular formula is C12H14N2S. The van der Waals surface area contributed by atoms with Crippen LogP contribution in [0.1, 0.15) is 25.0 Å². The van der Waals surface area contributed by atoms with E-state index in [-0.39, 0.29) is 5.54 Å². The summed E-state index contributed by atoms with van der Waals surface area (Å²) in [6.07, 6.45) is 6.45. The van der Waals surface area contributed by atoms with E-state index in [0.717, 1.165) is 12.8 Å². The fraction of sp³-hybridized carbons (Fsp3) is 0.417. The molecule has 0 amide bonds. The number of hydrogen-bond acceptors (Lipinski definition) is 3. The van der Waals surface area contributed by atoms with Gasteiger partial charge >= 0.3 is 0 Å². The van der Waals surface area contributed by atoms with Crippen LogP contribution in [0, 0.1) is 0 Å². The van der Waals surface area contributed by atoms with Gasteiger partial charge in [-0.2, -0.15) is 0 Å². The Bertz CT molecular complexity index is 485. The molecule has 1 aliphatic rings. The molecule has 2 aromatic rings. The predicted octanol–water partition coefficient (Wildman–Crippen LogP) is 2.72. The zero-order valence-corrected chi connectivity index (χ0v) is 9.39. The minimum absolute atomic E-state index is 0.145. The van der Waals surface area contributed by atoms with E-state index in [4.69, 9.17) is 5.73 Å². The van der Waals surface area contributed by atoms with E-state index in [1.54, 1.807) is 11.3 Å². The first-order valence-electron chi connectivity index (χ1n) is 5.36. The van der Waals surface area contributed by atoms with Gasteiger partial charge in [-0.1, -0.05) is 0 Å². The molecule has 2 N–H and O–H groups in total. The second-order valence-electron chi connectivity index (χ2n) is 4.50. The van der Waals surface area contributed by atoms with E-state index in [1.807, 2.05) is 6.20 Å². The lowest BCUT2D eigenvalue weighted by Crippen LogP contribution is -2.22. The van der Waals surface area contributed by atoms with E-state index >= 15 is 0 Å². The van der Waals surface area contributed by atoms with Crippen molar-refractivity contribution < 1.29 is 0 Å². The Balaban J connectivity index is 1.78. The Labute approximate surface area is 93.1 Å². The first-order valence-corrected chi connectivity index (χ1v) is 6.24. The summed E-state index contributed by atoms with van der Waals surface area (Å²) in [5, 5.41) is 3.36. The normalized spacial score (nSPS) is 18.2. The molecule has 0 spiro atoms. The standard InChI is InChI=1S/C12H14N2S/c13-12(4-5-12)3-1-10-7-11-9(8-14-10)2-6-15-11/h2,6-8H,1,3-5,13H2. The van der Waals surface area contributed by atoms with Crippen LogP contribution in [0.5, 0.6) is 0 Å². The van der Waals surface area contributed by atoms with Crippen LogP contribution in [-0.2, 0) is 6.42 Å². The average molecular weight is 218 g/mol. The molecule has 0 aliphatic heterocycles. The average Bonchev–Trinajstić information content (AvgIpc) is 2.80. The van der Waals surface area contributed by atoms with Crippen molar-refractivity contribution in [1.29, 1.82) is 0 Å². The van der Waals surface area contributed by atoms with Gasteiger partial charge in [0, 0.05) is 27.5 Å². The Morgan fingerprint density at radius 2 is 2.33 bits per heavy atom. The molecule has 2 nitrogen and oxygen atoms in total. The molecule has 0 unspecified atom stereocenters. The smallest absolute Gasteiger partial charge is 0.0418 e. The highest BCUT2D eigenvalue weighted by atomic mass is 32.1. The maximum absolute atomic E-state index is 6.06. The summed E-state index contributed by atoms with van der Waals surface area (Å²) in [7, 11) is 0. The van der Waals surface area contributed by atoms with Gasteiger partial charge in [0.1, 0.15) is 0 Å². The SMILES string of the molecule is NC1(CCc2cc3sccc3cn2)CC1. The molecule has 1 fully saturated rings. The van der Waals surface area contributed by atoms with Gasteiger partial charge in [0.15, 0.2) is 0 Å². The lowest BCUT2D eigenvalue weighted by molar-refractivity contribution is 0.604. The lowest BCUT2D eigenvalue weighted by Gasteiger charge is -2.07. The summed E-state index contributed by atoms with van der Waals surface area (Å²) < 4.78 is 1.34. The van der Waals surface area contributed by atoms with E-state index < -0.39 is 0 Å². The van der Waals surface area contributed by atoms with Crippen molar-refractivity contribution in [2.75, 3.05) is 0 Å². The van der Waals surface area contributed by atoms with Crippen molar-refractivity contribution in [2.24, 2.45) is 5.73 Å². The van der Waals surface area contributed by atoms with Crippen LogP contribution in [-0.4, -0.2) is 10.5 Å². The topological polar surface area (TPSA) is 38.9 Å². The van der Waals surface area contributed by atoms with Gasteiger partial charge in [0.05, 0.1) is 0 Å². The molecule has 0 saturated heterocycles. The third-order valence-electron chi connectivity index (χ3n) is 3.17. The fourth-order valence-electron chi connectivity index (χ4n) is 1.82. The van der Waals surface area contributed by atoms with Gasteiger partial charge in [-0.15, -0.1) is 11.3 Å². The van der Waals surface area contributed by atoms with Gasteiger partial charge in [0.2, 0.25) is 0 Å². The maximum Gasteiger partial charge on any atom is 0.0418 e. The largest absolute Gasteiger partial charge is 0.325 e. The van der Waals surface area contributed by atoms with Crippen LogP contribution < -0.4 is 5.73 Å². The third-order valence-corrected chi connectivity index (χ3v) is 4.05. The van der Waals surface area contributed by atoms with E-state index in [1.165, 1.54) is 28.6 Å². The fourth-order valence-corrected chi connectivity index (χ4v) is 2.64. The first kappa shape index (κ1) is 9.31. The second kappa shape index (κ2) is 3.29. The van der Waals surface area contributed by atoms with Gasteiger partial charge in [0.25, 0.3) is 0 Å². The molecule has 78 valence electrons. The predicted molar refractivity (Wildman–Crippen MR) is 64.1 cm³/mol. The Hall–Kier alpha value is -0.930. The van der Waals surface area contributed by atoms with Crippen LogP contribution in [0.25, 0.3) is 10.1 Å². The molecule has 3 rings (SSSR count).